The van der Waals surface area contributed by atoms with Crippen LogP contribution in [-0.2, 0) is 4.74 Å². The van der Waals surface area contributed by atoms with E-state index in [9.17, 15) is 4.79 Å². The highest BCUT2D eigenvalue weighted by atomic mass is 79.9. The lowest BCUT2D eigenvalue weighted by Gasteiger charge is -2.14. The molecule has 1 N–H and O–H groups in total. The van der Waals surface area contributed by atoms with E-state index < -0.39 is 6.09 Å². The number of nitrogens with zero attached hydrogens (tertiary/aromatic N) is 1. The largest absolute Gasteiger partial charge is 0.441 e. The number of aromatic nitrogens is 1. The maximum absolute atomic E-state index is 12.6. The summed E-state index contributed by atoms with van der Waals surface area (Å²) in [5, 5.41) is 3.55. The van der Waals surface area contributed by atoms with E-state index in [0.29, 0.717) is 22.5 Å². The van der Waals surface area contributed by atoms with Crippen molar-refractivity contribution in [2.24, 2.45) is 0 Å². The van der Waals surface area contributed by atoms with Crippen LogP contribution in [0.2, 0.25) is 0 Å². The molecule has 1 atom stereocenters. The van der Waals surface area contributed by atoms with Crippen LogP contribution in [0.25, 0.3) is 22.4 Å². The van der Waals surface area contributed by atoms with Gasteiger partial charge in [-0.3, -0.25) is 5.32 Å². The Bertz CT molecular complexity index is 1110. The highest BCUT2D eigenvalue weighted by Gasteiger charge is 2.20. The lowest BCUT2D eigenvalue weighted by atomic mass is 10.1. The Kier molecular flexibility index (Phi) is 5.12. The number of pyridine rings is 1. The first kappa shape index (κ1) is 18.3. The topological polar surface area (TPSA) is 64.4 Å². The molecular weight excluding hydrogens is 420 g/mol. The van der Waals surface area contributed by atoms with Gasteiger partial charge in [0.05, 0.1) is 5.39 Å². The number of anilines is 1. The predicted molar refractivity (Wildman–Crippen MR) is 112 cm³/mol. The van der Waals surface area contributed by atoms with Crippen LogP contribution in [0.3, 0.4) is 0 Å². The first-order chi connectivity index (χ1) is 13.6. The SMILES string of the molecule is CC(OC(=O)Nc1c(-c2ccc(Br)cc2)oc2ncccc12)c1ccccc1. The van der Waals surface area contributed by atoms with E-state index in [1.807, 2.05) is 67.6 Å². The highest BCUT2D eigenvalue weighted by Crippen LogP contribution is 2.37. The van der Waals surface area contributed by atoms with Crippen molar-refractivity contribution in [2.45, 2.75) is 13.0 Å². The molecule has 4 rings (SSSR count). The van der Waals surface area contributed by atoms with Crippen molar-refractivity contribution in [3.63, 3.8) is 0 Å². The van der Waals surface area contributed by atoms with Gasteiger partial charge in [-0.25, -0.2) is 9.78 Å². The van der Waals surface area contributed by atoms with Gasteiger partial charge < -0.3 is 9.15 Å². The van der Waals surface area contributed by atoms with Crippen LogP contribution in [0.1, 0.15) is 18.6 Å². The van der Waals surface area contributed by atoms with Gasteiger partial charge in [-0.2, -0.15) is 0 Å². The van der Waals surface area contributed by atoms with E-state index in [1.165, 1.54) is 0 Å². The molecule has 5 nitrogen and oxygen atoms in total. The molecule has 0 saturated heterocycles. The number of amides is 1. The normalized spacial score (nSPS) is 11.9. The van der Waals surface area contributed by atoms with Crippen LogP contribution < -0.4 is 5.32 Å². The fourth-order valence-electron chi connectivity index (χ4n) is 2.95. The fourth-order valence-corrected chi connectivity index (χ4v) is 3.21. The second-order valence-corrected chi connectivity index (χ2v) is 7.17. The number of fused-ring (bicyclic) bond motifs is 1. The van der Waals surface area contributed by atoms with Gasteiger partial charge in [0.2, 0.25) is 5.71 Å². The summed E-state index contributed by atoms with van der Waals surface area (Å²) in [6.45, 7) is 1.83. The van der Waals surface area contributed by atoms with Crippen LogP contribution >= 0.6 is 15.9 Å². The van der Waals surface area contributed by atoms with Gasteiger partial charge in [0, 0.05) is 16.2 Å². The molecule has 0 fully saturated rings. The molecule has 0 spiro atoms. The van der Waals surface area contributed by atoms with Crippen molar-refractivity contribution in [1.82, 2.24) is 4.98 Å². The monoisotopic (exact) mass is 436 g/mol. The van der Waals surface area contributed by atoms with Gasteiger partial charge in [-0.15, -0.1) is 0 Å². The third-order valence-electron chi connectivity index (χ3n) is 4.35. The Hall–Kier alpha value is -3.12. The molecule has 6 heteroatoms. The second kappa shape index (κ2) is 7.86. The Morgan fingerprint density at radius 1 is 1.07 bits per heavy atom. The number of ether oxygens (including phenoxy) is 1. The lowest BCUT2D eigenvalue weighted by molar-refractivity contribution is 0.121. The van der Waals surface area contributed by atoms with Gasteiger partial charge >= 0.3 is 6.09 Å². The zero-order chi connectivity index (χ0) is 19.5. The number of hydrogen-bond acceptors (Lipinski definition) is 4. The second-order valence-electron chi connectivity index (χ2n) is 6.25. The average Bonchev–Trinajstić information content (AvgIpc) is 3.07. The molecule has 1 amide bonds. The summed E-state index contributed by atoms with van der Waals surface area (Å²) in [6, 6.07) is 20.9. The first-order valence-electron chi connectivity index (χ1n) is 8.78. The van der Waals surface area contributed by atoms with Crippen molar-refractivity contribution < 1.29 is 13.9 Å². The van der Waals surface area contributed by atoms with Crippen LogP contribution in [0.15, 0.2) is 81.8 Å². The fraction of sp³-hybridized carbons (Fsp3) is 0.0909. The average molecular weight is 437 g/mol. The van der Waals surface area contributed by atoms with E-state index in [0.717, 1.165) is 15.6 Å². The quantitative estimate of drug-likeness (QED) is 0.392. The summed E-state index contributed by atoms with van der Waals surface area (Å²) in [5.74, 6) is 0.533. The Labute approximate surface area is 170 Å². The van der Waals surface area contributed by atoms with Gasteiger partial charge in [0.1, 0.15) is 11.8 Å². The summed E-state index contributed by atoms with van der Waals surface area (Å²) in [7, 11) is 0. The summed E-state index contributed by atoms with van der Waals surface area (Å²) >= 11 is 3.43. The molecular formula is C22H17BrN2O3. The van der Waals surface area contributed by atoms with Crippen LogP contribution in [0.4, 0.5) is 10.5 Å². The van der Waals surface area contributed by atoms with Crippen molar-refractivity contribution in [3.8, 4) is 11.3 Å². The molecule has 2 aromatic carbocycles. The van der Waals surface area contributed by atoms with Crippen molar-refractivity contribution in [2.75, 3.05) is 5.32 Å². The standard InChI is InChI=1S/C22H17BrN2O3/c1-14(15-6-3-2-4-7-15)27-22(26)25-19-18-8-5-13-24-21(18)28-20(19)16-9-11-17(23)12-10-16/h2-14H,1H3,(H,25,26). The van der Waals surface area contributed by atoms with Crippen LogP contribution in [0.5, 0.6) is 0 Å². The third-order valence-corrected chi connectivity index (χ3v) is 4.88. The number of carbonyl (C=O) groups is 1. The van der Waals surface area contributed by atoms with Crippen molar-refractivity contribution >= 4 is 38.8 Å². The van der Waals surface area contributed by atoms with Gasteiger partial charge in [0.15, 0.2) is 5.76 Å². The Balaban J connectivity index is 1.64. The molecule has 0 saturated carbocycles. The molecule has 28 heavy (non-hydrogen) atoms. The summed E-state index contributed by atoms with van der Waals surface area (Å²) in [4.78, 5) is 16.8. The number of hydrogen-bond donors (Lipinski definition) is 1. The molecule has 0 aliphatic rings. The molecule has 0 bridgehead atoms. The minimum absolute atomic E-state index is 0.381. The number of rotatable bonds is 4. The molecule has 0 aliphatic carbocycles. The van der Waals surface area contributed by atoms with Gasteiger partial charge in [-0.1, -0.05) is 58.4 Å². The Morgan fingerprint density at radius 3 is 2.57 bits per heavy atom. The Morgan fingerprint density at radius 2 is 1.82 bits per heavy atom. The van der Waals surface area contributed by atoms with E-state index >= 15 is 0 Å². The van der Waals surface area contributed by atoms with E-state index in [4.69, 9.17) is 9.15 Å². The predicted octanol–water partition coefficient (Wildman–Crippen LogP) is 6.57. The summed E-state index contributed by atoms with van der Waals surface area (Å²) in [6.07, 6.45) is 0.714. The van der Waals surface area contributed by atoms with Crippen LogP contribution in [0, 0.1) is 0 Å². The molecule has 0 aliphatic heterocycles. The zero-order valence-electron chi connectivity index (χ0n) is 15.1. The van der Waals surface area contributed by atoms with E-state index in [2.05, 4.69) is 26.2 Å². The molecule has 2 aromatic heterocycles. The maximum atomic E-state index is 12.6. The molecule has 140 valence electrons. The molecule has 4 aromatic rings. The number of carbonyl (C=O) groups excluding carboxylic acids is 1. The molecule has 2 heterocycles. The van der Waals surface area contributed by atoms with Gasteiger partial charge in [0.25, 0.3) is 0 Å². The molecule has 0 radical (unpaired) electrons. The number of nitrogens with one attached hydrogen (secondary N) is 1. The maximum Gasteiger partial charge on any atom is 0.412 e. The first-order valence-corrected chi connectivity index (χ1v) is 9.57. The molecule has 1 unspecified atom stereocenters. The van der Waals surface area contributed by atoms with Gasteiger partial charge in [-0.05, 0) is 36.8 Å². The third kappa shape index (κ3) is 3.77. The van der Waals surface area contributed by atoms with Crippen LogP contribution in [-0.4, -0.2) is 11.1 Å². The summed E-state index contributed by atoms with van der Waals surface area (Å²) < 4.78 is 12.4. The number of benzene rings is 2. The van der Waals surface area contributed by atoms with Crippen molar-refractivity contribution in [3.05, 3.63) is 83.0 Å². The zero-order valence-corrected chi connectivity index (χ0v) is 16.6. The minimum Gasteiger partial charge on any atom is -0.441 e. The van der Waals surface area contributed by atoms with E-state index in [-0.39, 0.29) is 6.10 Å². The summed E-state index contributed by atoms with van der Waals surface area (Å²) in [5.41, 5.74) is 2.74. The number of furan rings is 1. The van der Waals surface area contributed by atoms with E-state index in [1.54, 1.807) is 12.3 Å². The minimum atomic E-state index is -0.554. The smallest absolute Gasteiger partial charge is 0.412 e. The highest BCUT2D eigenvalue weighted by molar-refractivity contribution is 9.10. The van der Waals surface area contributed by atoms with Crippen molar-refractivity contribution in [1.29, 1.82) is 0 Å². The lowest BCUT2D eigenvalue weighted by Crippen LogP contribution is -2.16. The number of halogens is 1.